The largest absolute Gasteiger partial charge is 0.294 e. The zero-order chi connectivity index (χ0) is 8.39. The van der Waals surface area contributed by atoms with Crippen molar-refractivity contribution in [2.75, 3.05) is 6.54 Å². The van der Waals surface area contributed by atoms with E-state index in [1.165, 1.54) is 12.1 Å². The minimum absolute atomic E-state index is 0.0885. The van der Waals surface area contributed by atoms with Gasteiger partial charge in [0, 0.05) is 6.54 Å². The SMILES string of the molecule is Fc1ccc(C2CCNO2)cc1. The van der Waals surface area contributed by atoms with Crippen molar-refractivity contribution >= 4 is 0 Å². The molecule has 0 bridgehead atoms. The van der Waals surface area contributed by atoms with E-state index in [2.05, 4.69) is 5.48 Å². The highest BCUT2D eigenvalue weighted by Gasteiger charge is 2.17. The van der Waals surface area contributed by atoms with Crippen LogP contribution in [-0.4, -0.2) is 6.54 Å². The molecule has 12 heavy (non-hydrogen) atoms. The van der Waals surface area contributed by atoms with E-state index in [1.54, 1.807) is 12.1 Å². The van der Waals surface area contributed by atoms with Crippen molar-refractivity contribution in [3.8, 4) is 0 Å². The van der Waals surface area contributed by atoms with Crippen LogP contribution < -0.4 is 5.48 Å². The van der Waals surface area contributed by atoms with Gasteiger partial charge >= 0.3 is 0 Å². The van der Waals surface area contributed by atoms with Crippen molar-refractivity contribution in [3.05, 3.63) is 35.6 Å². The monoisotopic (exact) mass is 167 g/mol. The number of hydrogen-bond acceptors (Lipinski definition) is 2. The predicted molar refractivity (Wildman–Crippen MR) is 42.8 cm³/mol. The molecule has 1 saturated heterocycles. The van der Waals surface area contributed by atoms with E-state index in [1.807, 2.05) is 0 Å². The molecule has 1 aliphatic heterocycles. The lowest BCUT2D eigenvalue weighted by atomic mass is 10.1. The van der Waals surface area contributed by atoms with Crippen molar-refractivity contribution < 1.29 is 9.23 Å². The van der Waals surface area contributed by atoms with Gasteiger partial charge in [0.2, 0.25) is 0 Å². The lowest BCUT2D eigenvalue weighted by molar-refractivity contribution is 0.0336. The van der Waals surface area contributed by atoms with Crippen LogP contribution in [0.4, 0.5) is 4.39 Å². The third-order valence-corrected chi connectivity index (χ3v) is 1.98. The maximum absolute atomic E-state index is 12.5. The van der Waals surface area contributed by atoms with E-state index < -0.39 is 0 Å². The van der Waals surface area contributed by atoms with Crippen LogP contribution in [0.1, 0.15) is 18.1 Å². The van der Waals surface area contributed by atoms with Gasteiger partial charge in [0.25, 0.3) is 0 Å². The van der Waals surface area contributed by atoms with E-state index in [0.29, 0.717) is 0 Å². The van der Waals surface area contributed by atoms with Gasteiger partial charge in [0.15, 0.2) is 0 Å². The summed E-state index contributed by atoms with van der Waals surface area (Å²) in [5.74, 6) is -0.204. The predicted octanol–water partition coefficient (Wildman–Crippen LogP) is 1.79. The van der Waals surface area contributed by atoms with Crippen LogP contribution in [0, 0.1) is 5.82 Å². The van der Waals surface area contributed by atoms with Crippen LogP contribution in [0.5, 0.6) is 0 Å². The topological polar surface area (TPSA) is 21.3 Å². The molecule has 0 amide bonds. The average molecular weight is 167 g/mol. The van der Waals surface area contributed by atoms with Crippen LogP contribution in [-0.2, 0) is 4.84 Å². The highest BCUT2D eigenvalue weighted by atomic mass is 19.1. The molecule has 1 N–H and O–H groups in total. The quantitative estimate of drug-likeness (QED) is 0.688. The third kappa shape index (κ3) is 1.47. The molecule has 0 spiro atoms. The minimum atomic E-state index is -0.204. The molecular weight excluding hydrogens is 157 g/mol. The zero-order valence-corrected chi connectivity index (χ0v) is 6.59. The van der Waals surface area contributed by atoms with Crippen molar-refractivity contribution in [3.63, 3.8) is 0 Å². The molecule has 1 aliphatic rings. The molecule has 1 aromatic rings. The van der Waals surface area contributed by atoms with Crippen LogP contribution >= 0.6 is 0 Å². The first-order valence-electron chi connectivity index (χ1n) is 4.00. The summed E-state index contributed by atoms with van der Waals surface area (Å²) in [7, 11) is 0. The fourth-order valence-corrected chi connectivity index (χ4v) is 1.32. The first-order chi connectivity index (χ1) is 5.86. The Kier molecular flexibility index (Phi) is 2.06. The molecule has 0 saturated carbocycles. The highest BCUT2D eigenvalue weighted by molar-refractivity contribution is 5.19. The smallest absolute Gasteiger partial charge is 0.123 e. The van der Waals surface area contributed by atoms with Crippen molar-refractivity contribution in [2.45, 2.75) is 12.5 Å². The summed E-state index contributed by atoms with van der Waals surface area (Å²) in [6.45, 7) is 0.863. The summed E-state index contributed by atoms with van der Waals surface area (Å²) in [6, 6.07) is 6.42. The van der Waals surface area contributed by atoms with Gasteiger partial charge in [-0.1, -0.05) is 12.1 Å². The number of halogens is 1. The molecule has 2 rings (SSSR count). The van der Waals surface area contributed by atoms with Crippen LogP contribution in [0.25, 0.3) is 0 Å². The number of benzene rings is 1. The highest BCUT2D eigenvalue weighted by Crippen LogP contribution is 2.23. The van der Waals surface area contributed by atoms with Crippen LogP contribution in [0.15, 0.2) is 24.3 Å². The average Bonchev–Trinajstić information content (AvgIpc) is 2.58. The van der Waals surface area contributed by atoms with Crippen molar-refractivity contribution in [1.29, 1.82) is 0 Å². The van der Waals surface area contributed by atoms with E-state index in [4.69, 9.17) is 4.84 Å². The zero-order valence-electron chi connectivity index (χ0n) is 6.59. The summed E-state index contributed by atoms with van der Waals surface area (Å²) in [5.41, 5.74) is 3.82. The maximum Gasteiger partial charge on any atom is 0.123 e. The second-order valence-electron chi connectivity index (χ2n) is 2.84. The molecular formula is C9H10FNO. The summed E-state index contributed by atoms with van der Waals surface area (Å²) in [5, 5.41) is 0. The lowest BCUT2D eigenvalue weighted by Crippen LogP contribution is -2.04. The van der Waals surface area contributed by atoms with Crippen molar-refractivity contribution in [1.82, 2.24) is 5.48 Å². The number of nitrogens with one attached hydrogen (secondary N) is 1. The fraction of sp³-hybridized carbons (Fsp3) is 0.333. The Morgan fingerprint density at radius 1 is 1.33 bits per heavy atom. The molecule has 2 nitrogen and oxygen atoms in total. The molecule has 0 radical (unpaired) electrons. The van der Waals surface area contributed by atoms with E-state index >= 15 is 0 Å². The Morgan fingerprint density at radius 3 is 2.67 bits per heavy atom. The van der Waals surface area contributed by atoms with Gasteiger partial charge in [-0.2, -0.15) is 0 Å². The molecule has 1 heterocycles. The maximum atomic E-state index is 12.5. The summed E-state index contributed by atoms with van der Waals surface area (Å²) in [6.07, 6.45) is 1.04. The Balaban J connectivity index is 2.17. The summed E-state index contributed by atoms with van der Waals surface area (Å²) in [4.78, 5) is 5.21. The third-order valence-electron chi connectivity index (χ3n) is 1.98. The first-order valence-corrected chi connectivity index (χ1v) is 4.00. The van der Waals surface area contributed by atoms with Gasteiger partial charge in [-0.05, 0) is 24.1 Å². The molecule has 1 unspecified atom stereocenters. The van der Waals surface area contributed by atoms with Gasteiger partial charge in [0.1, 0.15) is 11.9 Å². The van der Waals surface area contributed by atoms with E-state index in [9.17, 15) is 4.39 Å². The van der Waals surface area contributed by atoms with Crippen LogP contribution in [0.2, 0.25) is 0 Å². The normalized spacial score (nSPS) is 22.9. The van der Waals surface area contributed by atoms with Gasteiger partial charge in [0.05, 0.1) is 0 Å². The lowest BCUT2D eigenvalue weighted by Gasteiger charge is -2.07. The first kappa shape index (κ1) is 7.71. The van der Waals surface area contributed by atoms with Crippen LogP contribution in [0.3, 0.4) is 0 Å². The molecule has 0 aromatic heterocycles. The van der Waals surface area contributed by atoms with E-state index in [-0.39, 0.29) is 11.9 Å². The summed E-state index contributed by atoms with van der Waals surface area (Å²) >= 11 is 0. The van der Waals surface area contributed by atoms with Gasteiger partial charge in [-0.3, -0.25) is 4.84 Å². The van der Waals surface area contributed by atoms with E-state index in [0.717, 1.165) is 18.5 Å². The molecule has 1 atom stereocenters. The second kappa shape index (κ2) is 3.21. The minimum Gasteiger partial charge on any atom is -0.294 e. The molecule has 0 aliphatic carbocycles. The second-order valence-corrected chi connectivity index (χ2v) is 2.84. The number of hydroxylamine groups is 1. The Labute approximate surface area is 70.3 Å². The Bertz CT molecular complexity index is 254. The Hall–Kier alpha value is -0.930. The summed E-state index contributed by atoms with van der Waals surface area (Å²) < 4.78 is 12.5. The molecule has 1 fully saturated rings. The van der Waals surface area contributed by atoms with Gasteiger partial charge in [-0.15, -0.1) is 0 Å². The Morgan fingerprint density at radius 2 is 2.08 bits per heavy atom. The molecule has 3 heteroatoms. The molecule has 1 aromatic carbocycles. The molecule has 64 valence electrons. The van der Waals surface area contributed by atoms with Gasteiger partial charge in [-0.25, -0.2) is 9.87 Å². The fourth-order valence-electron chi connectivity index (χ4n) is 1.32. The van der Waals surface area contributed by atoms with Gasteiger partial charge < -0.3 is 0 Å². The van der Waals surface area contributed by atoms with Crippen molar-refractivity contribution in [2.24, 2.45) is 0 Å². The number of rotatable bonds is 1. The standard InChI is InChI=1S/C9H10FNO/c10-8-3-1-7(2-4-8)9-5-6-11-12-9/h1-4,9,11H,5-6H2. The number of hydrogen-bond donors (Lipinski definition) is 1.